The number of likely N-dealkylation sites (N-methyl/N-ethyl adjacent to an activating group) is 1. The predicted molar refractivity (Wildman–Crippen MR) is 93.8 cm³/mol. The Hall–Kier alpha value is -2.75. The van der Waals surface area contributed by atoms with E-state index in [0.717, 1.165) is 0 Å². The van der Waals surface area contributed by atoms with Crippen LogP contribution in [0, 0.1) is 20.8 Å². The molecule has 2 aromatic heterocycles. The largest absolute Gasteiger partial charge is 0.436 e. The molecule has 10 nitrogen and oxygen atoms in total. The lowest BCUT2D eigenvalue weighted by molar-refractivity contribution is -0.125. The topological polar surface area (TPSA) is 126 Å². The van der Waals surface area contributed by atoms with Gasteiger partial charge >= 0.3 is 0 Å². The number of aryl methyl sites for hydroxylation is 3. The molecular weight excluding hydrogens is 352 g/mol. The maximum Gasteiger partial charge on any atom is 0.289 e. The Bertz CT molecular complexity index is 829. The normalized spacial score (nSPS) is 20.0. The standard InChI is InChI=1S/C17H24N6O4/c1-5-18-16(24)13-6-12(7-23(13)8-14-20-10(3)22-27-14)21-17(25)15-9(2)19-11(4)26-15/h12-13H,5-8H2,1-4H3,(H,18,24)(H,21,25)/t12-,13-/m0/s1. The monoisotopic (exact) mass is 376 g/mol. The Morgan fingerprint density at radius 1 is 1.26 bits per heavy atom. The SMILES string of the molecule is CCNC(=O)[C@@H]1C[C@H](NC(=O)c2oc(C)nc2C)CN1Cc1nc(C)no1. The maximum atomic E-state index is 12.5. The minimum atomic E-state index is -0.389. The van der Waals surface area contributed by atoms with Crippen molar-refractivity contribution in [3.63, 3.8) is 0 Å². The first-order valence-corrected chi connectivity index (χ1v) is 8.93. The van der Waals surface area contributed by atoms with Crippen LogP contribution in [0.3, 0.4) is 0 Å². The smallest absolute Gasteiger partial charge is 0.289 e. The number of carbonyl (C=O) groups excluding carboxylic acids is 2. The Balaban J connectivity index is 1.70. The molecule has 0 unspecified atom stereocenters. The van der Waals surface area contributed by atoms with Crippen LogP contribution in [0.25, 0.3) is 0 Å². The van der Waals surface area contributed by atoms with Crippen LogP contribution in [0.2, 0.25) is 0 Å². The molecule has 0 aromatic carbocycles. The summed E-state index contributed by atoms with van der Waals surface area (Å²) in [5.41, 5.74) is 0.543. The van der Waals surface area contributed by atoms with Crippen molar-refractivity contribution in [1.82, 2.24) is 30.7 Å². The lowest BCUT2D eigenvalue weighted by Crippen LogP contribution is -2.42. The third-order valence-electron chi connectivity index (χ3n) is 4.41. The molecule has 3 heterocycles. The van der Waals surface area contributed by atoms with E-state index in [1.54, 1.807) is 20.8 Å². The quantitative estimate of drug-likeness (QED) is 0.746. The first-order valence-electron chi connectivity index (χ1n) is 8.93. The maximum absolute atomic E-state index is 12.5. The number of hydrogen-bond donors (Lipinski definition) is 2. The Kier molecular flexibility index (Phi) is 5.54. The van der Waals surface area contributed by atoms with Gasteiger partial charge in [0.2, 0.25) is 17.6 Å². The van der Waals surface area contributed by atoms with Crippen molar-refractivity contribution in [3.8, 4) is 0 Å². The van der Waals surface area contributed by atoms with Gasteiger partial charge in [0, 0.05) is 26.1 Å². The molecule has 0 spiro atoms. The highest BCUT2D eigenvalue weighted by Gasteiger charge is 2.38. The van der Waals surface area contributed by atoms with Crippen molar-refractivity contribution in [2.45, 2.75) is 52.7 Å². The van der Waals surface area contributed by atoms with Gasteiger partial charge in [-0.2, -0.15) is 4.98 Å². The summed E-state index contributed by atoms with van der Waals surface area (Å²) in [6.07, 6.45) is 0.483. The van der Waals surface area contributed by atoms with Gasteiger partial charge in [0.15, 0.2) is 11.7 Å². The van der Waals surface area contributed by atoms with E-state index in [4.69, 9.17) is 8.94 Å². The van der Waals surface area contributed by atoms with Gasteiger partial charge in [-0.05, 0) is 27.2 Å². The number of aromatic nitrogens is 3. The number of hydrogen-bond acceptors (Lipinski definition) is 8. The van der Waals surface area contributed by atoms with Gasteiger partial charge in [-0.25, -0.2) is 4.98 Å². The Morgan fingerprint density at radius 3 is 2.63 bits per heavy atom. The van der Waals surface area contributed by atoms with Crippen molar-refractivity contribution in [3.05, 3.63) is 29.1 Å². The fourth-order valence-corrected chi connectivity index (χ4v) is 3.32. The average molecular weight is 376 g/mol. The summed E-state index contributed by atoms with van der Waals surface area (Å²) in [5, 5.41) is 9.56. The summed E-state index contributed by atoms with van der Waals surface area (Å²) in [6, 6.07) is -0.598. The Morgan fingerprint density at radius 2 is 2.04 bits per heavy atom. The van der Waals surface area contributed by atoms with Gasteiger partial charge in [-0.3, -0.25) is 14.5 Å². The van der Waals surface area contributed by atoms with Crippen LogP contribution in [0.1, 0.15) is 47.2 Å². The van der Waals surface area contributed by atoms with E-state index >= 15 is 0 Å². The molecule has 1 aliphatic heterocycles. The van der Waals surface area contributed by atoms with Crippen LogP contribution >= 0.6 is 0 Å². The zero-order valence-electron chi connectivity index (χ0n) is 15.9. The van der Waals surface area contributed by atoms with Crippen molar-refractivity contribution in [2.24, 2.45) is 0 Å². The third-order valence-corrected chi connectivity index (χ3v) is 4.41. The minimum absolute atomic E-state index is 0.0859. The molecular formula is C17H24N6O4. The second-order valence-corrected chi connectivity index (χ2v) is 6.63. The number of oxazole rings is 1. The summed E-state index contributed by atoms with van der Waals surface area (Å²) < 4.78 is 10.5. The van der Waals surface area contributed by atoms with Gasteiger partial charge in [0.05, 0.1) is 18.3 Å². The molecule has 27 heavy (non-hydrogen) atoms. The van der Waals surface area contributed by atoms with Crippen molar-refractivity contribution >= 4 is 11.8 Å². The van der Waals surface area contributed by atoms with Gasteiger partial charge in [0.25, 0.3) is 5.91 Å². The molecule has 1 aliphatic rings. The van der Waals surface area contributed by atoms with Gasteiger partial charge in [-0.15, -0.1) is 0 Å². The number of carbonyl (C=O) groups is 2. The van der Waals surface area contributed by atoms with E-state index in [2.05, 4.69) is 25.8 Å². The van der Waals surface area contributed by atoms with Crippen LogP contribution < -0.4 is 10.6 Å². The molecule has 2 amide bonds. The molecule has 0 radical (unpaired) electrons. The van der Waals surface area contributed by atoms with Crippen LogP contribution in [0.5, 0.6) is 0 Å². The van der Waals surface area contributed by atoms with Crippen LogP contribution in [-0.2, 0) is 11.3 Å². The first-order chi connectivity index (χ1) is 12.9. The number of rotatable bonds is 6. The summed E-state index contributed by atoms with van der Waals surface area (Å²) in [5.74, 6) is 1.21. The molecule has 146 valence electrons. The zero-order valence-corrected chi connectivity index (χ0v) is 15.9. The summed E-state index contributed by atoms with van der Waals surface area (Å²) in [4.78, 5) is 35.2. The van der Waals surface area contributed by atoms with E-state index in [-0.39, 0.29) is 29.7 Å². The van der Waals surface area contributed by atoms with Crippen LogP contribution in [0.15, 0.2) is 8.94 Å². The van der Waals surface area contributed by atoms with Crippen molar-refractivity contribution in [1.29, 1.82) is 0 Å². The summed E-state index contributed by atoms with van der Waals surface area (Å²) in [7, 11) is 0. The second kappa shape index (κ2) is 7.87. The van der Waals surface area contributed by atoms with Crippen molar-refractivity contribution in [2.75, 3.05) is 13.1 Å². The van der Waals surface area contributed by atoms with Gasteiger partial charge in [0.1, 0.15) is 0 Å². The fraction of sp³-hybridized carbons (Fsp3) is 0.588. The number of nitrogens with one attached hydrogen (secondary N) is 2. The average Bonchev–Trinajstić information content (AvgIpc) is 3.27. The second-order valence-electron chi connectivity index (χ2n) is 6.63. The Labute approximate surface area is 156 Å². The molecule has 3 rings (SSSR count). The highest BCUT2D eigenvalue weighted by Crippen LogP contribution is 2.21. The lowest BCUT2D eigenvalue weighted by atomic mass is 10.1. The molecule has 0 aliphatic carbocycles. The highest BCUT2D eigenvalue weighted by atomic mass is 16.5. The van der Waals surface area contributed by atoms with Crippen LogP contribution in [0.4, 0.5) is 0 Å². The molecule has 10 heteroatoms. The molecule has 2 aromatic rings. The summed E-state index contributed by atoms with van der Waals surface area (Å²) in [6.45, 7) is 8.39. The number of likely N-dealkylation sites (tertiary alicyclic amines) is 1. The van der Waals surface area contributed by atoms with E-state index in [0.29, 0.717) is 49.4 Å². The first kappa shape index (κ1) is 19.0. The van der Waals surface area contributed by atoms with E-state index in [9.17, 15) is 9.59 Å². The summed E-state index contributed by atoms with van der Waals surface area (Å²) >= 11 is 0. The molecule has 2 atom stereocenters. The number of nitrogens with zero attached hydrogens (tertiary/aromatic N) is 4. The molecule has 1 saturated heterocycles. The third kappa shape index (κ3) is 4.33. The van der Waals surface area contributed by atoms with Gasteiger partial charge < -0.3 is 19.6 Å². The van der Waals surface area contributed by atoms with Crippen molar-refractivity contribution < 1.29 is 18.5 Å². The van der Waals surface area contributed by atoms with Gasteiger partial charge in [-0.1, -0.05) is 5.16 Å². The van der Waals surface area contributed by atoms with E-state index < -0.39 is 0 Å². The predicted octanol–water partition coefficient (Wildman–Crippen LogP) is 0.492. The zero-order chi connectivity index (χ0) is 19.6. The van der Waals surface area contributed by atoms with Crippen LogP contribution in [-0.4, -0.2) is 57.0 Å². The number of amides is 2. The molecule has 2 N–H and O–H groups in total. The molecule has 0 saturated carbocycles. The highest BCUT2D eigenvalue weighted by molar-refractivity contribution is 5.92. The van der Waals surface area contributed by atoms with E-state index in [1.807, 2.05) is 11.8 Å². The van der Waals surface area contributed by atoms with E-state index in [1.165, 1.54) is 0 Å². The fourth-order valence-electron chi connectivity index (χ4n) is 3.32. The minimum Gasteiger partial charge on any atom is -0.436 e. The molecule has 1 fully saturated rings. The molecule has 0 bridgehead atoms. The lowest BCUT2D eigenvalue weighted by Gasteiger charge is -2.21.